The molecule has 2 aromatic carbocycles. The molecule has 4 heteroatoms. The van der Waals surface area contributed by atoms with Crippen LogP contribution in [0.1, 0.15) is 29.3 Å². The van der Waals surface area contributed by atoms with Crippen LogP contribution >= 0.6 is 0 Å². The summed E-state index contributed by atoms with van der Waals surface area (Å²) in [7, 11) is 2.01. The summed E-state index contributed by atoms with van der Waals surface area (Å²) in [5.74, 6) is 0.610. The lowest BCUT2D eigenvalue weighted by atomic mass is 9.93. The molecule has 1 fully saturated rings. The Hall–Kier alpha value is -2.17. The van der Waals surface area contributed by atoms with Crippen molar-refractivity contribution in [3.63, 3.8) is 0 Å². The number of aromatic nitrogens is 2. The van der Waals surface area contributed by atoms with Crippen LogP contribution in [0.4, 0.5) is 0 Å². The molecular formula is C20H24N4. The molecule has 1 aromatic heterocycles. The molecule has 0 amide bonds. The van der Waals surface area contributed by atoms with E-state index in [9.17, 15) is 0 Å². The first-order valence-electron chi connectivity index (χ1n) is 8.66. The Balaban J connectivity index is 1.52. The highest BCUT2D eigenvalue weighted by Crippen LogP contribution is 2.32. The molecule has 0 bridgehead atoms. The van der Waals surface area contributed by atoms with E-state index in [-0.39, 0.29) is 0 Å². The van der Waals surface area contributed by atoms with Crippen LogP contribution in [0.25, 0.3) is 10.8 Å². The van der Waals surface area contributed by atoms with Crippen LogP contribution in [-0.2, 0) is 20.1 Å². The Morgan fingerprint density at radius 3 is 2.83 bits per heavy atom. The van der Waals surface area contributed by atoms with Gasteiger partial charge in [0.25, 0.3) is 0 Å². The summed E-state index contributed by atoms with van der Waals surface area (Å²) in [4.78, 5) is 2.53. The van der Waals surface area contributed by atoms with Gasteiger partial charge in [-0.05, 0) is 41.3 Å². The van der Waals surface area contributed by atoms with Crippen molar-refractivity contribution in [3.05, 3.63) is 65.5 Å². The molecule has 1 unspecified atom stereocenters. The van der Waals surface area contributed by atoms with Gasteiger partial charge in [-0.1, -0.05) is 42.5 Å². The normalized spacial score (nSPS) is 18.5. The number of nitrogens with zero attached hydrogens (tertiary/aromatic N) is 3. The van der Waals surface area contributed by atoms with E-state index >= 15 is 0 Å². The number of nitrogens with two attached hydrogens (primary N) is 1. The Morgan fingerprint density at radius 2 is 2.00 bits per heavy atom. The van der Waals surface area contributed by atoms with E-state index in [4.69, 9.17) is 5.73 Å². The molecule has 0 aliphatic carbocycles. The minimum absolute atomic E-state index is 0.506. The van der Waals surface area contributed by atoms with Gasteiger partial charge in [0.15, 0.2) is 0 Å². The van der Waals surface area contributed by atoms with Crippen molar-refractivity contribution >= 4 is 10.8 Å². The third-order valence-electron chi connectivity index (χ3n) is 5.16. The average molecular weight is 320 g/mol. The maximum absolute atomic E-state index is 5.70. The van der Waals surface area contributed by atoms with Gasteiger partial charge in [-0.2, -0.15) is 5.10 Å². The maximum atomic E-state index is 5.70. The fourth-order valence-corrected chi connectivity index (χ4v) is 3.88. The molecule has 2 heterocycles. The third-order valence-corrected chi connectivity index (χ3v) is 5.16. The first-order chi connectivity index (χ1) is 11.7. The van der Waals surface area contributed by atoms with Gasteiger partial charge in [-0.25, -0.2) is 0 Å². The number of fused-ring (bicyclic) bond motifs is 1. The van der Waals surface area contributed by atoms with Crippen molar-refractivity contribution in [2.24, 2.45) is 12.8 Å². The van der Waals surface area contributed by atoms with Gasteiger partial charge in [-0.3, -0.25) is 9.58 Å². The predicted octanol–water partition coefficient (Wildman–Crippen LogP) is 3.02. The number of aryl methyl sites for hydroxylation is 1. The summed E-state index contributed by atoms with van der Waals surface area (Å²) in [6.45, 7) is 3.70. The second-order valence-corrected chi connectivity index (χ2v) is 6.74. The topological polar surface area (TPSA) is 47.1 Å². The largest absolute Gasteiger partial charge is 0.325 e. The fourth-order valence-electron chi connectivity index (χ4n) is 3.88. The molecule has 1 atom stereocenters. The quantitative estimate of drug-likeness (QED) is 0.804. The standard InChI is InChI=1S/C20H24N4/c1-23-18(11-17(12-21)22-23)14-24-10-9-16(13-24)20-8-4-6-15-5-2-3-7-19(15)20/h2-8,11,16H,9-10,12-14,21H2,1H3. The number of hydrogen-bond donors (Lipinski definition) is 1. The molecule has 1 aliphatic heterocycles. The van der Waals surface area contributed by atoms with E-state index < -0.39 is 0 Å². The molecule has 2 N–H and O–H groups in total. The first kappa shape index (κ1) is 15.4. The highest BCUT2D eigenvalue weighted by molar-refractivity contribution is 5.86. The molecule has 1 aliphatic rings. The van der Waals surface area contributed by atoms with Crippen molar-refractivity contribution < 1.29 is 0 Å². The van der Waals surface area contributed by atoms with Crippen LogP contribution in [0.5, 0.6) is 0 Å². The monoisotopic (exact) mass is 320 g/mol. The Kier molecular flexibility index (Phi) is 4.08. The molecule has 0 radical (unpaired) electrons. The molecular weight excluding hydrogens is 296 g/mol. The van der Waals surface area contributed by atoms with Crippen LogP contribution in [0.2, 0.25) is 0 Å². The summed E-state index contributed by atoms with van der Waals surface area (Å²) in [6.07, 6.45) is 1.22. The summed E-state index contributed by atoms with van der Waals surface area (Å²) in [5.41, 5.74) is 9.40. The predicted molar refractivity (Wildman–Crippen MR) is 97.7 cm³/mol. The maximum Gasteiger partial charge on any atom is 0.0763 e. The van der Waals surface area contributed by atoms with Crippen LogP contribution in [0.15, 0.2) is 48.5 Å². The van der Waals surface area contributed by atoms with Crippen molar-refractivity contribution in [1.82, 2.24) is 14.7 Å². The number of benzene rings is 2. The van der Waals surface area contributed by atoms with Crippen molar-refractivity contribution in [2.45, 2.75) is 25.4 Å². The smallest absolute Gasteiger partial charge is 0.0763 e. The van der Waals surface area contributed by atoms with Gasteiger partial charge in [-0.15, -0.1) is 0 Å². The molecule has 24 heavy (non-hydrogen) atoms. The minimum atomic E-state index is 0.506. The first-order valence-corrected chi connectivity index (χ1v) is 8.66. The van der Waals surface area contributed by atoms with Gasteiger partial charge in [0, 0.05) is 26.7 Å². The van der Waals surface area contributed by atoms with Gasteiger partial charge >= 0.3 is 0 Å². The number of hydrogen-bond acceptors (Lipinski definition) is 3. The van der Waals surface area contributed by atoms with Gasteiger partial charge in [0.1, 0.15) is 0 Å². The van der Waals surface area contributed by atoms with Crippen LogP contribution in [0.3, 0.4) is 0 Å². The zero-order valence-electron chi connectivity index (χ0n) is 14.2. The molecule has 124 valence electrons. The van der Waals surface area contributed by atoms with E-state index in [1.807, 2.05) is 11.7 Å². The Morgan fingerprint density at radius 1 is 1.17 bits per heavy atom. The third kappa shape index (κ3) is 2.83. The molecule has 3 aromatic rings. The molecule has 4 rings (SSSR count). The number of likely N-dealkylation sites (tertiary alicyclic amines) is 1. The highest BCUT2D eigenvalue weighted by atomic mass is 15.3. The molecule has 0 spiro atoms. The Bertz CT molecular complexity index is 846. The van der Waals surface area contributed by atoms with E-state index in [1.54, 1.807) is 0 Å². The second kappa shape index (κ2) is 6.38. The summed E-state index contributed by atoms with van der Waals surface area (Å²) in [6, 6.07) is 17.5. The molecule has 1 saturated heterocycles. The summed E-state index contributed by atoms with van der Waals surface area (Å²) >= 11 is 0. The van der Waals surface area contributed by atoms with E-state index in [0.29, 0.717) is 12.5 Å². The second-order valence-electron chi connectivity index (χ2n) is 6.74. The SMILES string of the molecule is Cn1nc(CN)cc1CN1CCC(c2cccc3ccccc23)C1. The van der Waals surface area contributed by atoms with Crippen LogP contribution in [0, 0.1) is 0 Å². The van der Waals surface area contributed by atoms with E-state index in [0.717, 1.165) is 25.3 Å². The lowest BCUT2D eigenvalue weighted by molar-refractivity contribution is 0.317. The highest BCUT2D eigenvalue weighted by Gasteiger charge is 2.25. The molecule has 4 nitrogen and oxygen atoms in total. The van der Waals surface area contributed by atoms with E-state index in [1.165, 1.54) is 28.5 Å². The lowest BCUT2D eigenvalue weighted by Crippen LogP contribution is -2.21. The summed E-state index contributed by atoms with van der Waals surface area (Å²) in [5, 5.41) is 7.20. The van der Waals surface area contributed by atoms with Crippen LogP contribution < -0.4 is 5.73 Å². The summed E-state index contributed by atoms with van der Waals surface area (Å²) < 4.78 is 1.97. The average Bonchev–Trinajstić information content (AvgIpc) is 3.22. The zero-order valence-corrected chi connectivity index (χ0v) is 14.2. The van der Waals surface area contributed by atoms with Gasteiger partial charge in [0.05, 0.1) is 11.4 Å². The van der Waals surface area contributed by atoms with E-state index in [2.05, 4.69) is 58.5 Å². The van der Waals surface area contributed by atoms with Crippen molar-refractivity contribution in [1.29, 1.82) is 0 Å². The zero-order chi connectivity index (χ0) is 16.5. The minimum Gasteiger partial charge on any atom is -0.325 e. The van der Waals surface area contributed by atoms with Crippen molar-refractivity contribution in [3.8, 4) is 0 Å². The van der Waals surface area contributed by atoms with Crippen molar-refractivity contribution in [2.75, 3.05) is 13.1 Å². The van der Waals surface area contributed by atoms with Gasteiger partial charge < -0.3 is 5.73 Å². The lowest BCUT2D eigenvalue weighted by Gasteiger charge is -2.17. The number of rotatable bonds is 4. The van der Waals surface area contributed by atoms with Crippen LogP contribution in [-0.4, -0.2) is 27.8 Å². The molecule has 0 saturated carbocycles. The Labute approximate surface area is 142 Å². The fraction of sp³-hybridized carbons (Fsp3) is 0.350. The van der Waals surface area contributed by atoms with Gasteiger partial charge in [0.2, 0.25) is 0 Å².